The fourth-order valence-electron chi connectivity index (χ4n) is 3.10. The van der Waals surface area contributed by atoms with E-state index in [9.17, 15) is 4.79 Å². The van der Waals surface area contributed by atoms with Crippen LogP contribution in [0.15, 0.2) is 24.3 Å². The van der Waals surface area contributed by atoms with E-state index < -0.39 is 0 Å². The zero-order valence-electron chi connectivity index (χ0n) is 13.8. The molecule has 3 rings (SSSR count). The maximum Gasteiger partial charge on any atom is 0.227 e. The molecule has 2 aliphatic heterocycles. The Morgan fingerprint density at radius 2 is 1.83 bits per heavy atom. The standard InChI is InChI=1S/C17H25N3OS.2ClH/c21-17(14-5-7-18-8-6-14)19-16-4-2-1-3-15(16)13-20-9-11-22-12-10-20;;/h1-4,14,18H,5-13H2,(H,19,21);2*1H. The van der Waals surface area contributed by atoms with Gasteiger partial charge < -0.3 is 10.6 Å². The first-order chi connectivity index (χ1) is 10.8. The monoisotopic (exact) mass is 391 g/mol. The van der Waals surface area contributed by atoms with Crippen molar-refractivity contribution in [3.8, 4) is 0 Å². The summed E-state index contributed by atoms with van der Waals surface area (Å²) in [5.41, 5.74) is 2.22. The van der Waals surface area contributed by atoms with Crippen molar-refractivity contribution in [1.82, 2.24) is 10.2 Å². The number of thioether (sulfide) groups is 1. The number of rotatable bonds is 4. The van der Waals surface area contributed by atoms with Gasteiger partial charge in [0.1, 0.15) is 0 Å². The molecule has 24 heavy (non-hydrogen) atoms. The summed E-state index contributed by atoms with van der Waals surface area (Å²) >= 11 is 2.03. The van der Waals surface area contributed by atoms with Crippen LogP contribution >= 0.6 is 36.6 Å². The molecule has 4 nitrogen and oxygen atoms in total. The molecule has 0 atom stereocenters. The van der Waals surface area contributed by atoms with Crippen LogP contribution in [0.25, 0.3) is 0 Å². The van der Waals surface area contributed by atoms with Crippen molar-refractivity contribution in [2.75, 3.05) is 43.0 Å². The van der Waals surface area contributed by atoms with Crippen molar-refractivity contribution in [1.29, 1.82) is 0 Å². The van der Waals surface area contributed by atoms with Crippen molar-refractivity contribution in [2.24, 2.45) is 5.92 Å². The third-order valence-electron chi connectivity index (χ3n) is 4.48. The molecular formula is C17H27Cl2N3OS. The number of benzene rings is 1. The molecule has 2 N–H and O–H groups in total. The molecule has 136 valence electrons. The summed E-state index contributed by atoms with van der Waals surface area (Å²) in [6, 6.07) is 8.24. The van der Waals surface area contributed by atoms with Gasteiger partial charge in [0.25, 0.3) is 0 Å². The van der Waals surface area contributed by atoms with Crippen LogP contribution in [-0.4, -0.2) is 48.5 Å². The van der Waals surface area contributed by atoms with Crippen molar-refractivity contribution >= 4 is 48.2 Å². The summed E-state index contributed by atoms with van der Waals surface area (Å²) < 4.78 is 0. The number of para-hydroxylation sites is 1. The van der Waals surface area contributed by atoms with Gasteiger partial charge in [0, 0.05) is 42.7 Å². The molecule has 0 radical (unpaired) electrons. The molecular weight excluding hydrogens is 365 g/mol. The summed E-state index contributed by atoms with van der Waals surface area (Å²) in [6.07, 6.45) is 1.88. The summed E-state index contributed by atoms with van der Waals surface area (Å²) in [6.45, 7) is 5.11. The first kappa shape index (κ1) is 21.6. The van der Waals surface area contributed by atoms with E-state index in [1.807, 2.05) is 23.9 Å². The number of amides is 1. The Morgan fingerprint density at radius 3 is 2.54 bits per heavy atom. The highest BCUT2D eigenvalue weighted by Crippen LogP contribution is 2.21. The number of hydrogen-bond donors (Lipinski definition) is 2. The summed E-state index contributed by atoms with van der Waals surface area (Å²) in [4.78, 5) is 14.9. The lowest BCUT2D eigenvalue weighted by Gasteiger charge is -2.27. The van der Waals surface area contributed by atoms with Crippen LogP contribution in [0.3, 0.4) is 0 Å². The Balaban J connectivity index is 0.00000144. The van der Waals surface area contributed by atoms with Gasteiger partial charge in [-0.25, -0.2) is 0 Å². The van der Waals surface area contributed by atoms with Crippen molar-refractivity contribution in [3.63, 3.8) is 0 Å². The minimum atomic E-state index is 0. The van der Waals surface area contributed by atoms with E-state index in [0.717, 1.165) is 51.3 Å². The van der Waals surface area contributed by atoms with Gasteiger partial charge in [0.2, 0.25) is 5.91 Å². The van der Waals surface area contributed by atoms with Crippen LogP contribution < -0.4 is 10.6 Å². The third-order valence-corrected chi connectivity index (χ3v) is 5.43. The summed E-state index contributed by atoms with van der Waals surface area (Å²) in [7, 11) is 0. The SMILES string of the molecule is Cl.Cl.O=C(Nc1ccccc1CN1CCSCC1)C1CCNCC1. The van der Waals surface area contributed by atoms with E-state index >= 15 is 0 Å². The van der Waals surface area contributed by atoms with Crippen molar-refractivity contribution < 1.29 is 4.79 Å². The van der Waals surface area contributed by atoms with Gasteiger partial charge in [-0.15, -0.1) is 24.8 Å². The van der Waals surface area contributed by atoms with Crippen LogP contribution in [-0.2, 0) is 11.3 Å². The Morgan fingerprint density at radius 1 is 1.17 bits per heavy atom. The van der Waals surface area contributed by atoms with E-state index in [1.54, 1.807) is 0 Å². The molecule has 2 fully saturated rings. The zero-order chi connectivity index (χ0) is 15.2. The number of anilines is 1. The van der Waals surface area contributed by atoms with Crippen LogP contribution in [0, 0.1) is 5.92 Å². The average molecular weight is 392 g/mol. The fourth-order valence-corrected chi connectivity index (χ4v) is 4.08. The number of carbonyl (C=O) groups is 1. The lowest BCUT2D eigenvalue weighted by atomic mass is 9.97. The van der Waals surface area contributed by atoms with Gasteiger partial charge in [-0.3, -0.25) is 9.69 Å². The highest BCUT2D eigenvalue weighted by molar-refractivity contribution is 7.99. The van der Waals surface area contributed by atoms with E-state index in [4.69, 9.17) is 0 Å². The second-order valence-corrected chi connectivity index (χ2v) is 7.28. The Kier molecular flexibility index (Phi) is 10.1. The Labute approximate surface area is 161 Å². The molecule has 1 aromatic carbocycles. The minimum absolute atomic E-state index is 0. The van der Waals surface area contributed by atoms with Crippen LogP contribution in [0.1, 0.15) is 18.4 Å². The molecule has 0 unspecified atom stereocenters. The Bertz CT molecular complexity index is 506. The number of nitrogens with one attached hydrogen (secondary N) is 2. The average Bonchev–Trinajstić information content (AvgIpc) is 2.58. The smallest absolute Gasteiger partial charge is 0.227 e. The molecule has 2 heterocycles. The quantitative estimate of drug-likeness (QED) is 0.827. The first-order valence-corrected chi connectivity index (χ1v) is 9.38. The molecule has 7 heteroatoms. The minimum Gasteiger partial charge on any atom is -0.326 e. The number of halogens is 2. The molecule has 2 aliphatic rings. The topological polar surface area (TPSA) is 44.4 Å². The molecule has 2 saturated heterocycles. The molecule has 0 aromatic heterocycles. The molecule has 0 aliphatic carbocycles. The third kappa shape index (κ3) is 6.12. The molecule has 1 aromatic rings. The number of carbonyl (C=O) groups excluding carboxylic acids is 1. The van der Waals surface area contributed by atoms with Crippen LogP contribution in [0.5, 0.6) is 0 Å². The maximum absolute atomic E-state index is 12.5. The lowest BCUT2D eigenvalue weighted by Crippen LogP contribution is -2.35. The van der Waals surface area contributed by atoms with Crippen LogP contribution in [0.2, 0.25) is 0 Å². The van der Waals surface area contributed by atoms with Crippen molar-refractivity contribution in [3.05, 3.63) is 29.8 Å². The number of piperidine rings is 1. The highest BCUT2D eigenvalue weighted by Gasteiger charge is 2.22. The van der Waals surface area contributed by atoms with Gasteiger partial charge >= 0.3 is 0 Å². The Hall–Kier alpha value is -0.460. The second-order valence-electron chi connectivity index (χ2n) is 6.06. The van der Waals surface area contributed by atoms with Gasteiger partial charge in [-0.1, -0.05) is 18.2 Å². The van der Waals surface area contributed by atoms with Gasteiger partial charge in [-0.2, -0.15) is 11.8 Å². The molecule has 0 saturated carbocycles. The predicted molar refractivity (Wildman–Crippen MR) is 108 cm³/mol. The van der Waals surface area contributed by atoms with Gasteiger partial charge in [0.15, 0.2) is 0 Å². The molecule has 0 bridgehead atoms. The van der Waals surface area contributed by atoms with E-state index in [0.29, 0.717) is 0 Å². The predicted octanol–water partition coefficient (Wildman–Crippen LogP) is 3.02. The van der Waals surface area contributed by atoms with E-state index in [1.165, 1.54) is 17.1 Å². The first-order valence-electron chi connectivity index (χ1n) is 8.22. The normalized spacial score (nSPS) is 19.0. The maximum atomic E-state index is 12.5. The summed E-state index contributed by atoms with van der Waals surface area (Å²) in [5.74, 6) is 2.76. The zero-order valence-corrected chi connectivity index (χ0v) is 16.3. The highest BCUT2D eigenvalue weighted by atomic mass is 35.5. The number of nitrogens with zero attached hydrogens (tertiary/aromatic N) is 1. The largest absolute Gasteiger partial charge is 0.326 e. The molecule has 0 spiro atoms. The van der Waals surface area contributed by atoms with Crippen LogP contribution in [0.4, 0.5) is 5.69 Å². The molecule has 1 amide bonds. The lowest BCUT2D eigenvalue weighted by molar-refractivity contribution is -0.120. The fraction of sp³-hybridized carbons (Fsp3) is 0.588. The second kappa shape index (κ2) is 11.2. The number of hydrogen-bond acceptors (Lipinski definition) is 4. The van der Waals surface area contributed by atoms with Gasteiger partial charge in [-0.05, 0) is 37.6 Å². The van der Waals surface area contributed by atoms with E-state index in [2.05, 4.69) is 27.7 Å². The van der Waals surface area contributed by atoms with E-state index in [-0.39, 0.29) is 36.6 Å². The van der Waals surface area contributed by atoms with Gasteiger partial charge in [0.05, 0.1) is 0 Å². The summed E-state index contributed by atoms with van der Waals surface area (Å²) in [5, 5.41) is 6.48. The van der Waals surface area contributed by atoms with Crippen molar-refractivity contribution in [2.45, 2.75) is 19.4 Å².